The topological polar surface area (TPSA) is 74.8 Å². The normalized spacial score (nSPS) is 12.9. The van der Waals surface area contributed by atoms with Crippen molar-refractivity contribution in [2.45, 2.75) is 203 Å². The smallest absolute Gasteiger partial charge is 0.0704 e. The Bertz CT molecular complexity index is 4350. The van der Waals surface area contributed by atoms with E-state index < -0.39 is 0 Å². The van der Waals surface area contributed by atoms with Crippen molar-refractivity contribution in [2.24, 2.45) is 0 Å². The van der Waals surface area contributed by atoms with Crippen molar-refractivity contribution in [3.05, 3.63) is 322 Å². The zero-order valence-electron chi connectivity index (χ0n) is 66.4. The highest BCUT2D eigenvalue weighted by Gasteiger charge is 2.18. The Kier molecular flexibility index (Phi) is 29.7. The van der Waals surface area contributed by atoms with Gasteiger partial charge in [-0.1, -0.05) is 318 Å². The molecule has 546 valence electrons. The number of nitrogens with zero attached hydrogens (tertiary/aromatic N) is 3. The number of anilines is 1. The van der Waals surface area contributed by atoms with E-state index in [1.165, 1.54) is 124 Å². The van der Waals surface area contributed by atoms with Gasteiger partial charge in [0, 0.05) is 66.3 Å². The first-order chi connectivity index (χ1) is 50.6. The minimum absolute atomic E-state index is 0.240. The number of para-hydroxylation sites is 1. The Morgan fingerprint density at radius 3 is 1.46 bits per heavy atom. The number of nitrogens with one attached hydrogen (secondary N) is 3. The lowest BCUT2D eigenvalue weighted by atomic mass is 9.86. The van der Waals surface area contributed by atoms with E-state index in [9.17, 15) is 0 Å². The van der Waals surface area contributed by atoms with Crippen LogP contribution in [0.3, 0.4) is 0 Å². The minimum Gasteiger partial charge on any atom is -0.385 e. The van der Waals surface area contributed by atoms with E-state index in [0.29, 0.717) is 41.4 Å². The predicted molar refractivity (Wildman–Crippen MR) is 457 cm³/mol. The largest absolute Gasteiger partial charge is 0.385 e. The second-order valence-electron chi connectivity index (χ2n) is 31.5. The summed E-state index contributed by atoms with van der Waals surface area (Å²) >= 11 is 0. The van der Waals surface area contributed by atoms with Crippen LogP contribution in [-0.2, 0) is 37.8 Å². The number of benzene rings is 10. The van der Waals surface area contributed by atoms with Gasteiger partial charge in [0.05, 0.1) is 11.2 Å². The van der Waals surface area contributed by atoms with Crippen LogP contribution >= 0.6 is 0 Å². The monoisotopic (exact) mass is 1390 g/mol. The first-order valence-electron chi connectivity index (χ1n) is 39.0. The van der Waals surface area contributed by atoms with Crippen molar-refractivity contribution in [1.29, 1.82) is 0 Å². The molecular weight excluding hydrogens is 1270 g/mol. The van der Waals surface area contributed by atoms with Crippen molar-refractivity contribution in [3.63, 3.8) is 0 Å². The predicted octanol–water partition coefficient (Wildman–Crippen LogP) is 26.3. The van der Waals surface area contributed by atoms with Crippen LogP contribution in [0.4, 0.5) is 5.69 Å². The molecule has 0 saturated heterocycles. The van der Waals surface area contributed by atoms with Gasteiger partial charge in [-0.2, -0.15) is 0 Å². The van der Waals surface area contributed by atoms with Crippen LogP contribution < -0.4 is 16.0 Å². The summed E-state index contributed by atoms with van der Waals surface area (Å²) in [4.78, 5) is 13.0. The summed E-state index contributed by atoms with van der Waals surface area (Å²) in [5.74, 6) is 4.15. The van der Waals surface area contributed by atoms with E-state index in [1.54, 1.807) is 27.8 Å². The summed E-state index contributed by atoms with van der Waals surface area (Å²) in [6.45, 7) is 43.5. The van der Waals surface area contributed by atoms with E-state index in [0.717, 1.165) is 38.2 Å². The van der Waals surface area contributed by atoms with Crippen LogP contribution in [0.1, 0.15) is 238 Å². The fourth-order valence-electron chi connectivity index (χ4n) is 14.5. The van der Waals surface area contributed by atoms with Crippen molar-refractivity contribution >= 4 is 59.7 Å². The van der Waals surface area contributed by atoms with E-state index >= 15 is 0 Å². The van der Waals surface area contributed by atoms with Crippen molar-refractivity contribution in [1.82, 2.24) is 25.6 Å². The van der Waals surface area contributed by atoms with Gasteiger partial charge in [0.2, 0.25) is 0 Å². The SMILES string of the molecule is CC(C)(C)c1ccc2ccccc2c1.CC(C)c1cccc2c1CCCN2.CC(C)c1cccc2c1CCNC2.CC(C)c1cccc2c1CNCC2.CC(C)c1cccc2ccccc12.CC(C)c1ccnc2ccccc12.CC(C)c1cncc2ccccc12.CC(C)c1nccc2ccccc12. The molecule has 0 aliphatic carbocycles. The summed E-state index contributed by atoms with van der Waals surface area (Å²) in [5, 5.41) is 22.1. The summed E-state index contributed by atoms with van der Waals surface area (Å²) in [6, 6.07) is 79.6. The molecule has 13 aromatic rings. The summed E-state index contributed by atoms with van der Waals surface area (Å²) in [7, 11) is 0. The van der Waals surface area contributed by atoms with Crippen molar-refractivity contribution < 1.29 is 0 Å². The molecule has 105 heavy (non-hydrogen) atoms. The molecule has 0 saturated carbocycles. The van der Waals surface area contributed by atoms with E-state index in [2.05, 4.69) is 361 Å². The highest BCUT2D eigenvalue weighted by atomic mass is 14.9. The van der Waals surface area contributed by atoms with Gasteiger partial charge >= 0.3 is 0 Å². The number of fused-ring (bicyclic) bond motifs is 8. The van der Waals surface area contributed by atoms with Gasteiger partial charge in [-0.15, -0.1) is 0 Å². The van der Waals surface area contributed by atoms with Gasteiger partial charge in [-0.3, -0.25) is 15.0 Å². The van der Waals surface area contributed by atoms with Crippen LogP contribution in [0.2, 0.25) is 0 Å². The van der Waals surface area contributed by atoms with E-state index in [4.69, 9.17) is 0 Å². The maximum absolute atomic E-state index is 4.41. The Balaban J connectivity index is 0.000000139. The zero-order valence-corrected chi connectivity index (χ0v) is 66.4. The second-order valence-corrected chi connectivity index (χ2v) is 31.5. The third-order valence-electron chi connectivity index (χ3n) is 20.3. The Labute approximate surface area is 631 Å². The third kappa shape index (κ3) is 22.1. The molecule has 3 aliphatic heterocycles. The van der Waals surface area contributed by atoms with E-state index in [1.807, 2.05) is 36.9 Å². The maximum atomic E-state index is 4.41. The van der Waals surface area contributed by atoms with Gasteiger partial charge < -0.3 is 16.0 Å². The first-order valence-corrected chi connectivity index (χ1v) is 39.0. The second kappa shape index (κ2) is 39.1. The lowest BCUT2D eigenvalue weighted by Gasteiger charge is -2.22. The maximum Gasteiger partial charge on any atom is 0.0704 e. The molecule has 3 aliphatic rings. The summed E-state index contributed by atoms with van der Waals surface area (Å²) < 4.78 is 0. The number of rotatable bonds is 7. The number of aromatic nitrogens is 3. The lowest BCUT2D eigenvalue weighted by Crippen LogP contribution is -2.24. The Morgan fingerprint density at radius 1 is 0.324 bits per heavy atom. The Hall–Kier alpha value is -9.33. The lowest BCUT2D eigenvalue weighted by molar-refractivity contribution is 0.591. The van der Waals surface area contributed by atoms with Gasteiger partial charge in [-0.25, -0.2) is 0 Å². The van der Waals surface area contributed by atoms with Crippen LogP contribution in [0, 0.1) is 0 Å². The summed E-state index contributed by atoms with van der Waals surface area (Å²) in [6.07, 6.45) is 12.6. The molecule has 0 unspecified atom stereocenters. The highest BCUT2D eigenvalue weighted by Crippen LogP contribution is 2.33. The standard InChI is InChI=1S/C14H16.C13H14.3C12H17N.3C12H13N/c1-14(2,3)13-9-8-11-6-4-5-7-12(11)10-13;1-10(2)12-9-5-7-11-6-3-4-8-13(11)12;1-9(2)10-5-3-7-12-11(10)6-4-8-13-12;1-9(2)11-5-3-4-10-8-13-7-6-12(10)11;1-9(2)11-5-3-4-10-6-7-13-8-12(10)11;1-9(2)12-8-13-7-10-5-3-4-6-11(10)12;1-9(2)10-7-8-13-12-6-4-3-5-11(10)12;1-9(2)12-11-6-4-3-5-10(11)7-8-13-12/h4-10H,1-3H3;3-10H,1-2H3;3,5,7,9,13H,4,6,8H2,1-2H3;2*3-5,9,13H,6-8H2,1-2H3;3*3-9H,1-2H3. The van der Waals surface area contributed by atoms with Crippen molar-refractivity contribution in [3.8, 4) is 0 Å². The van der Waals surface area contributed by atoms with Gasteiger partial charge in [-0.05, 0) is 209 Å². The fraction of sp³-hybridized carbons (Fsp3) is 0.343. The van der Waals surface area contributed by atoms with Crippen molar-refractivity contribution in [2.75, 3.05) is 25.0 Å². The third-order valence-corrected chi connectivity index (χ3v) is 20.3. The molecule has 0 atom stereocenters. The minimum atomic E-state index is 0.240. The number of hydrogen-bond acceptors (Lipinski definition) is 6. The zero-order chi connectivity index (χ0) is 75.0. The molecule has 16 rings (SSSR count). The molecule has 0 fully saturated rings. The molecule has 0 bridgehead atoms. The number of hydrogen-bond donors (Lipinski definition) is 3. The van der Waals surface area contributed by atoms with E-state index in [-0.39, 0.29) is 5.41 Å². The molecule has 0 radical (unpaired) electrons. The molecule has 3 N–H and O–H groups in total. The molecule has 6 heterocycles. The van der Waals surface area contributed by atoms with Crippen LogP contribution in [0.25, 0.3) is 54.0 Å². The molecule has 6 heteroatoms. The van der Waals surface area contributed by atoms with Crippen LogP contribution in [-0.4, -0.2) is 34.6 Å². The molecule has 3 aromatic heterocycles. The average molecular weight is 1390 g/mol. The van der Waals surface area contributed by atoms with Gasteiger partial charge in [0.25, 0.3) is 0 Å². The van der Waals surface area contributed by atoms with Crippen LogP contribution in [0.15, 0.2) is 249 Å². The molecule has 0 amide bonds. The number of pyridine rings is 3. The molecule has 0 spiro atoms. The Morgan fingerprint density at radius 2 is 0.810 bits per heavy atom. The van der Waals surface area contributed by atoms with Gasteiger partial charge in [0.15, 0.2) is 0 Å². The summed E-state index contributed by atoms with van der Waals surface area (Å²) in [5.41, 5.74) is 21.7. The van der Waals surface area contributed by atoms with Gasteiger partial charge in [0.1, 0.15) is 0 Å². The molecule has 6 nitrogen and oxygen atoms in total. The fourth-order valence-corrected chi connectivity index (χ4v) is 14.5. The molecular formula is C99H120N6. The highest BCUT2D eigenvalue weighted by molar-refractivity contribution is 5.88. The average Bonchev–Trinajstić information content (AvgIpc) is 0.870. The molecule has 10 aromatic carbocycles. The first kappa shape index (κ1) is 79.8. The van der Waals surface area contributed by atoms with Crippen LogP contribution in [0.5, 0.6) is 0 Å². The quantitative estimate of drug-likeness (QED) is 0.148.